The van der Waals surface area contributed by atoms with Crippen molar-refractivity contribution in [1.29, 1.82) is 0 Å². The summed E-state index contributed by atoms with van der Waals surface area (Å²) in [5, 5.41) is 9.88. The molecule has 8 nitrogen and oxygen atoms in total. The number of halogens is 1. The Morgan fingerprint density at radius 3 is 2.66 bits per heavy atom. The molecule has 35 heavy (non-hydrogen) atoms. The van der Waals surface area contributed by atoms with Crippen molar-refractivity contribution >= 4 is 17.7 Å². The zero-order chi connectivity index (χ0) is 24.6. The molecule has 1 fully saturated rings. The van der Waals surface area contributed by atoms with E-state index in [4.69, 9.17) is 21.1 Å². The second-order valence-corrected chi connectivity index (χ2v) is 11.0. The Morgan fingerprint density at radius 2 is 1.94 bits per heavy atom. The number of ether oxygens (including phenoxy) is 2. The first-order valence-electron chi connectivity index (χ1n) is 12.3. The van der Waals surface area contributed by atoms with Crippen molar-refractivity contribution in [2.24, 2.45) is 5.92 Å². The molecule has 9 heteroatoms. The summed E-state index contributed by atoms with van der Waals surface area (Å²) in [7, 11) is 0. The van der Waals surface area contributed by atoms with E-state index in [1.165, 1.54) is 0 Å². The van der Waals surface area contributed by atoms with Crippen molar-refractivity contribution in [1.82, 2.24) is 24.6 Å². The van der Waals surface area contributed by atoms with Gasteiger partial charge in [-0.15, -0.1) is 10.2 Å². The Kier molecular flexibility index (Phi) is 6.57. The van der Waals surface area contributed by atoms with E-state index in [1.54, 1.807) is 11.1 Å². The molecule has 2 atom stereocenters. The molecule has 1 saturated carbocycles. The maximum Gasteiger partial charge on any atom is 0.410 e. The van der Waals surface area contributed by atoms with Gasteiger partial charge in [0.05, 0.1) is 12.6 Å². The summed E-state index contributed by atoms with van der Waals surface area (Å²) in [6, 6.07) is 5.73. The van der Waals surface area contributed by atoms with Crippen LogP contribution in [0.5, 0.6) is 5.88 Å². The molecular formula is C26H32ClN5O3. The van der Waals surface area contributed by atoms with E-state index in [0.29, 0.717) is 24.0 Å². The highest BCUT2D eigenvalue weighted by molar-refractivity contribution is 6.31. The van der Waals surface area contributed by atoms with E-state index in [-0.39, 0.29) is 30.1 Å². The lowest BCUT2D eigenvalue weighted by atomic mass is 9.86. The Balaban J connectivity index is 1.36. The molecular weight excluding hydrogens is 466 g/mol. The lowest BCUT2D eigenvalue weighted by molar-refractivity contribution is 0.0216. The SMILES string of the molecule is CC(C)(C)OC(=O)N1Cc2nnc(C3CCC(Oc4ccccn4)CC3)n2C2C=CC(Cl)=CC2C1. The van der Waals surface area contributed by atoms with Crippen molar-refractivity contribution < 1.29 is 14.3 Å². The predicted molar refractivity (Wildman–Crippen MR) is 132 cm³/mol. The number of rotatable bonds is 3. The fraction of sp³-hybridized carbons (Fsp3) is 0.538. The fourth-order valence-corrected chi connectivity index (χ4v) is 5.39. The molecule has 0 bridgehead atoms. The van der Waals surface area contributed by atoms with E-state index in [1.807, 2.05) is 51.1 Å². The third-order valence-electron chi connectivity index (χ3n) is 6.74. The maximum absolute atomic E-state index is 13.0. The van der Waals surface area contributed by atoms with Crippen LogP contribution in [-0.2, 0) is 11.3 Å². The minimum absolute atomic E-state index is 0.00688. The molecule has 2 aromatic rings. The summed E-state index contributed by atoms with van der Waals surface area (Å²) >= 11 is 6.38. The number of allylic oxidation sites excluding steroid dienone is 3. The van der Waals surface area contributed by atoms with Gasteiger partial charge >= 0.3 is 6.09 Å². The van der Waals surface area contributed by atoms with E-state index in [2.05, 4.69) is 25.8 Å². The minimum atomic E-state index is -0.572. The Hall–Kier alpha value is -2.87. The molecule has 0 N–H and O–H groups in total. The van der Waals surface area contributed by atoms with Crippen molar-refractivity contribution in [2.45, 2.75) is 76.7 Å². The van der Waals surface area contributed by atoms with Crippen LogP contribution in [0.1, 0.15) is 70.1 Å². The highest BCUT2D eigenvalue weighted by Crippen LogP contribution is 2.39. The summed E-state index contributed by atoms with van der Waals surface area (Å²) in [5.74, 6) is 2.73. The van der Waals surface area contributed by atoms with E-state index >= 15 is 0 Å². The number of aromatic nitrogens is 4. The molecule has 3 heterocycles. The molecule has 0 spiro atoms. The van der Waals surface area contributed by atoms with Crippen LogP contribution in [0.2, 0.25) is 0 Å². The van der Waals surface area contributed by atoms with Crippen LogP contribution in [0.3, 0.4) is 0 Å². The lowest BCUT2D eigenvalue weighted by Crippen LogP contribution is -2.38. The molecule has 2 aromatic heterocycles. The van der Waals surface area contributed by atoms with Crippen molar-refractivity contribution in [2.75, 3.05) is 6.54 Å². The average Bonchev–Trinajstić information content (AvgIpc) is 3.15. The van der Waals surface area contributed by atoms with Crippen molar-refractivity contribution in [3.63, 3.8) is 0 Å². The van der Waals surface area contributed by atoms with Gasteiger partial charge in [0.25, 0.3) is 0 Å². The zero-order valence-electron chi connectivity index (χ0n) is 20.4. The average molecular weight is 498 g/mol. The van der Waals surface area contributed by atoms with Crippen LogP contribution in [0.25, 0.3) is 0 Å². The van der Waals surface area contributed by atoms with Gasteiger partial charge in [-0.25, -0.2) is 9.78 Å². The Labute approximate surface area is 211 Å². The number of fused-ring (bicyclic) bond motifs is 3. The number of hydrogen-bond acceptors (Lipinski definition) is 6. The van der Waals surface area contributed by atoms with Gasteiger partial charge in [-0.05, 0) is 58.6 Å². The first-order chi connectivity index (χ1) is 16.8. The summed E-state index contributed by atoms with van der Waals surface area (Å²) in [6.07, 6.45) is 11.4. The van der Waals surface area contributed by atoms with Crippen LogP contribution in [-0.4, -0.2) is 49.0 Å². The molecule has 0 aromatic carbocycles. The molecule has 0 saturated heterocycles. The Morgan fingerprint density at radius 1 is 1.14 bits per heavy atom. The van der Waals surface area contributed by atoms with Crippen LogP contribution >= 0.6 is 11.6 Å². The number of carbonyl (C=O) groups excluding carboxylic acids is 1. The van der Waals surface area contributed by atoms with Crippen LogP contribution in [0.4, 0.5) is 4.79 Å². The van der Waals surface area contributed by atoms with Gasteiger partial charge in [0, 0.05) is 35.7 Å². The largest absolute Gasteiger partial charge is 0.474 e. The smallest absolute Gasteiger partial charge is 0.410 e. The normalized spacial score (nSPS) is 26.3. The number of amides is 1. The molecule has 3 aliphatic rings. The minimum Gasteiger partial charge on any atom is -0.474 e. The van der Waals surface area contributed by atoms with Gasteiger partial charge < -0.3 is 14.0 Å². The third-order valence-corrected chi connectivity index (χ3v) is 6.99. The monoisotopic (exact) mass is 497 g/mol. The van der Waals surface area contributed by atoms with E-state index < -0.39 is 5.60 Å². The summed E-state index contributed by atoms with van der Waals surface area (Å²) in [5.41, 5.74) is -0.572. The summed E-state index contributed by atoms with van der Waals surface area (Å²) in [4.78, 5) is 19.0. The molecule has 1 aliphatic heterocycles. The standard InChI is InChI=1S/C26H32ClN5O3/c1-26(2,3)35-25(33)31-15-18-14-19(27)9-12-21(18)32-22(16-31)29-30-24(32)17-7-10-20(11-8-17)34-23-6-4-5-13-28-23/h4-6,9,12-14,17-18,20-21H,7-8,10-11,15-16H2,1-3H3. The molecule has 1 amide bonds. The highest BCUT2D eigenvalue weighted by Gasteiger charge is 2.38. The van der Waals surface area contributed by atoms with Gasteiger partial charge in [-0.2, -0.15) is 0 Å². The van der Waals surface area contributed by atoms with Crippen LogP contribution < -0.4 is 4.74 Å². The topological polar surface area (TPSA) is 82.4 Å². The number of hydrogen-bond donors (Lipinski definition) is 0. The Bertz CT molecular complexity index is 1120. The van der Waals surface area contributed by atoms with Crippen molar-refractivity contribution in [3.8, 4) is 5.88 Å². The van der Waals surface area contributed by atoms with Crippen LogP contribution in [0.15, 0.2) is 47.7 Å². The summed E-state index contributed by atoms with van der Waals surface area (Å²) < 4.78 is 14.0. The molecule has 0 radical (unpaired) electrons. The van der Waals surface area contributed by atoms with E-state index in [0.717, 1.165) is 37.3 Å². The van der Waals surface area contributed by atoms with Crippen LogP contribution in [0, 0.1) is 5.92 Å². The second kappa shape index (κ2) is 9.64. The zero-order valence-corrected chi connectivity index (χ0v) is 21.2. The molecule has 186 valence electrons. The summed E-state index contributed by atoms with van der Waals surface area (Å²) in [6.45, 7) is 6.49. The third kappa shape index (κ3) is 5.37. The highest BCUT2D eigenvalue weighted by atomic mass is 35.5. The number of carbonyl (C=O) groups is 1. The molecule has 5 rings (SSSR count). The number of nitrogens with zero attached hydrogens (tertiary/aromatic N) is 5. The molecule has 2 aliphatic carbocycles. The van der Waals surface area contributed by atoms with E-state index in [9.17, 15) is 4.79 Å². The predicted octanol–water partition coefficient (Wildman–Crippen LogP) is 5.38. The maximum atomic E-state index is 13.0. The first-order valence-corrected chi connectivity index (χ1v) is 12.7. The molecule has 2 unspecified atom stereocenters. The second-order valence-electron chi connectivity index (χ2n) is 10.5. The van der Waals surface area contributed by atoms with Gasteiger partial charge in [0.1, 0.15) is 17.5 Å². The first kappa shape index (κ1) is 23.9. The lowest BCUT2D eigenvalue weighted by Gasteiger charge is -2.32. The van der Waals surface area contributed by atoms with Gasteiger partial charge in [0.2, 0.25) is 5.88 Å². The number of pyridine rings is 1. The van der Waals surface area contributed by atoms with Crippen molar-refractivity contribution in [3.05, 3.63) is 59.3 Å². The quantitative estimate of drug-likeness (QED) is 0.566. The van der Waals surface area contributed by atoms with Gasteiger partial charge in [-0.3, -0.25) is 4.90 Å². The van der Waals surface area contributed by atoms with Gasteiger partial charge in [0.15, 0.2) is 5.82 Å². The van der Waals surface area contributed by atoms with Gasteiger partial charge in [-0.1, -0.05) is 29.8 Å². The fourth-order valence-electron chi connectivity index (χ4n) is 5.16.